The summed E-state index contributed by atoms with van der Waals surface area (Å²) in [7, 11) is 3.53. The van der Waals surface area contributed by atoms with Gasteiger partial charge < -0.3 is 20.3 Å². The fourth-order valence-electron chi connectivity index (χ4n) is 3.14. The van der Waals surface area contributed by atoms with Gasteiger partial charge in [-0.1, -0.05) is 19.1 Å². The lowest BCUT2D eigenvalue weighted by Crippen LogP contribution is -2.44. The average molecular weight is 374 g/mol. The van der Waals surface area contributed by atoms with Gasteiger partial charge >= 0.3 is 0 Å². The molecule has 0 amide bonds. The maximum atomic E-state index is 5.49. The number of aryl methyl sites for hydroxylation is 1. The van der Waals surface area contributed by atoms with Crippen LogP contribution in [0.1, 0.15) is 24.0 Å². The number of hydrogen-bond donors (Lipinski definition) is 2. The van der Waals surface area contributed by atoms with E-state index in [0.29, 0.717) is 12.6 Å². The SMILES string of the molecule is CCc1nc(CNC(=NC)NC2CCN(c3ccccc3OC)C2)cs1. The number of hydrogen-bond acceptors (Lipinski definition) is 5. The van der Waals surface area contributed by atoms with E-state index in [4.69, 9.17) is 4.74 Å². The van der Waals surface area contributed by atoms with Crippen LogP contribution in [0.4, 0.5) is 5.69 Å². The van der Waals surface area contributed by atoms with Gasteiger partial charge in [-0.25, -0.2) is 4.98 Å². The monoisotopic (exact) mass is 373 g/mol. The summed E-state index contributed by atoms with van der Waals surface area (Å²) < 4.78 is 5.49. The quantitative estimate of drug-likeness (QED) is 0.602. The van der Waals surface area contributed by atoms with Crippen molar-refractivity contribution >= 4 is 23.0 Å². The van der Waals surface area contributed by atoms with Gasteiger partial charge in [0.1, 0.15) is 5.75 Å². The van der Waals surface area contributed by atoms with Crippen molar-refractivity contribution in [1.29, 1.82) is 0 Å². The normalized spacial score (nSPS) is 17.4. The zero-order chi connectivity index (χ0) is 18.4. The van der Waals surface area contributed by atoms with Crippen LogP contribution in [0.5, 0.6) is 5.75 Å². The summed E-state index contributed by atoms with van der Waals surface area (Å²) in [4.78, 5) is 11.3. The topological polar surface area (TPSA) is 61.8 Å². The molecule has 7 heteroatoms. The van der Waals surface area contributed by atoms with Gasteiger partial charge in [0.15, 0.2) is 5.96 Å². The third-order valence-corrected chi connectivity index (χ3v) is 5.56. The maximum absolute atomic E-state index is 5.49. The fourth-order valence-corrected chi connectivity index (χ4v) is 3.89. The molecule has 1 aliphatic rings. The van der Waals surface area contributed by atoms with Crippen molar-refractivity contribution in [2.75, 3.05) is 32.1 Å². The molecule has 1 aliphatic heterocycles. The van der Waals surface area contributed by atoms with E-state index in [1.54, 1.807) is 25.5 Å². The molecule has 0 spiro atoms. The molecular formula is C19H27N5OS. The van der Waals surface area contributed by atoms with Crippen molar-refractivity contribution in [3.63, 3.8) is 0 Å². The zero-order valence-corrected chi connectivity index (χ0v) is 16.5. The van der Waals surface area contributed by atoms with Crippen molar-refractivity contribution in [2.24, 2.45) is 4.99 Å². The highest BCUT2D eigenvalue weighted by molar-refractivity contribution is 7.09. The second-order valence-electron chi connectivity index (χ2n) is 6.26. The van der Waals surface area contributed by atoms with Crippen LogP contribution >= 0.6 is 11.3 Å². The standard InChI is InChI=1S/C19H27N5OS/c1-4-18-22-15(13-26-18)11-21-19(20-2)23-14-9-10-24(12-14)16-7-5-6-8-17(16)25-3/h5-8,13-14H,4,9-12H2,1-3H3,(H2,20,21,23). The van der Waals surface area contributed by atoms with E-state index in [9.17, 15) is 0 Å². The number of nitrogens with one attached hydrogen (secondary N) is 2. The summed E-state index contributed by atoms with van der Waals surface area (Å²) in [5.74, 6) is 1.74. The van der Waals surface area contributed by atoms with Gasteiger partial charge in [-0.3, -0.25) is 4.99 Å². The molecule has 0 bridgehead atoms. The number of methoxy groups -OCH3 is 1. The summed E-state index contributed by atoms with van der Waals surface area (Å²) in [5, 5.41) is 10.2. The molecule has 140 valence electrons. The molecule has 1 fully saturated rings. The minimum atomic E-state index is 0.354. The Balaban J connectivity index is 1.53. The number of nitrogens with zero attached hydrogens (tertiary/aromatic N) is 3. The van der Waals surface area contributed by atoms with Crippen molar-refractivity contribution in [3.8, 4) is 5.75 Å². The third-order valence-electron chi connectivity index (χ3n) is 4.52. The molecule has 2 N–H and O–H groups in total. The Morgan fingerprint density at radius 1 is 1.42 bits per heavy atom. The smallest absolute Gasteiger partial charge is 0.191 e. The first-order chi connectivity index (χ1) is 12.7. The van der Waals surface area contributed by atoms with Gasteiger partial charge in [0.25, 0.3) is 0 Å². The third kappa shape index (κ3) is 4.46. The van der Waals surface area contributed by atoms with Gasteiger partial charge in [-0.15, -0.1) is 11.3 Å². The van der Waals surface area contributed by atoms with E-state index >= 15 is 0 Å². The molecule has 1 unspecified atom stereocenters. The molecule has 1 aromatic heterocycles. The highest BCUT2D eigenvalue weighted by Crippen LogP contribution is 2.30. The highest BCUT2D eigenvalue weighted by atomic mass is 32.1. The molecule has 2 heterocycles. The molecule has 1 atom stereocenters. The fraction of sp³-hybridized carbons (Fsp3) is 0.474. The minimum Gasteiger partial charge on any atom is -0.495 e. The Morgan fingerprint density at radius 3 is 3.00 bits per heavy atom. The van der Waals surface area contributed by atoms with E-state index in [0.717, 1.165) is 49.0 Å². The Kier molecular flexibility index (Phi) is 6.33. The van der Waals surface area contributed by atoms with Crippen molar-refractivity contribution in [3.05, 3.63) is 40.3 Å². The average Bonchev–Trinajstić information content (AvgIpc) is 3.34. The molecule has 0 radical (unpaired) electrons. The first kappa shape index (κ1) is 18.5. The van der Waals surface area contributed by atoms with E-state index in [1.807, 2.05) is 12.1 Å². The maximum Gasteiger partial charge on any atom is 0.191 e. The lowest BCUT2D eigenvalue weighted by molar-refractivity contribution is 0.415. The molecule has 6 nitrogen and oxygen atoms in total. The number of guanidine groups is 1. The van der Waals surface area contributed by atoms with E-state index in [-0.39, 0.29) is 0 Å². The van der Waals surface area contributed by atoms with Gasteiger partial charge in [0, 0.05) is 31.6 Å². The number of anilines is 1. The summed E-state index contributed by atoms with van der Waals surface area (Å²) in [6, 6.07) is 8.53. The van der Waals surface area contributed by atoms with E-state index < -0.39 is 0 Å². The predicted octanol–water partition coefficient (Wildman–Crippen LogP) is 2.66. The summed E-state index contributed by atoms with van der Waals surface area (Å²) in [5.41, 5.74) is 2.22. The van der Waals surface area contributed by atoms with Crippen LogP contribution in [0.2, 0.25) is 0 Å². The van der Waals surface area contributed by atoms with Gasteiger partial charge in [-0.05, 0) is 25.0 Å². The van der Waals surface area contributed by atoms with Crippen LogP contribution in [-0.2, 0) is 13.0 Å². The molecule has 1 aromatic carbocycles. The number of ether oxygens (including phenoxy) is 1. The molecule has 1 saturated heterocycles. The highest BCUT2D eigenvalue weighted by Gasteiger charge is 2.25. The van der Waals surface area contributed by atoms with Crippen molar-refractivity contribution < 1.29 is 4.74 Å². The van der Waals surface area contributed by atoms with Crippen LogP contribution in [0, 0.1) is 0 Å². The summed E-state index contributed by atoms with van der Waals surface area (Å²) in [6.07, 6.45) is 2.05. The van der Waals surface area contributed by atoms with Crippen LogP contribution in [-0.4, -0.2) is 44.2 Å². The molecule has 2 aromatic rings. The lowest BCUT2D eigenvalue weighted by atomic mass is 10.2. The number of para-hydroxylation sites is 2. The van der Waals surface area contributed by atoms with Crippen molar-refractivity contribution in [1.82, 2.24) is 15.6 Å². The number of aliphatic imine (C=N–C) groups is 1. The summed E-state index contributed by atoms with van der Waals surface area (Å²) >= 11 is 1.71. The lowest BCUT2D eigenvalue weighted by Gasteiger charge is -2.22. The van der Waals surface area contributed by atoms with E-state index in [1.165, 1.54) is 5.01 Å². The molecule has 0 saturated carbocycles. The van der Waals surface area contributed by atoms with Gasteiger partial charge in [-0.2, -0.15) is 0 Å². The zero-order valence-electron chi connectivity index (χ0n) is 15.7. The Hall–Kier alpha value is -2.28. The molecule has 26 heavy (non-hydrogen) atoms. The van der Waals surface area contributed by atoms with Gasteiger partial charge in [0.2, 0.25) is 0 Å². The number of thiazole rings is 1. The molecule has 3 rings (SSSR count). The van der Waals surface area contributed by atoms with Crippen LogP contribution in [0.3, 0.4) is 0 Å². The summed E-state index contributed by atoms with van der Waals surface area (Å²) in [6.45, 7) is 4.75. The Morgan fingerprint density at radius 2 is 2.27 bits per heavy atom. The minimum absolute atomic E-state index is 0.354. The first-order valence-corrected chi connectivity index (χ1v) is 9.89. The number of rotatable bonds is 6. The largest absolute Gasteiger partial charge is 0.495 e. The molecule has 0 aliphatic carbocycles. The molecular weight excluding hydrogens is 346 g/mol. The Bertz CT molecular complexity index is 745. The van der Waals surface area contributed by atoms with Crippen LogP contribution in [0.15, 0.2) is 34.6 Å². The second-order valence-corrected chi connectivity index (χ2v) is 7.20. The second kappa shape index (κ2) is 8.89. The predicted molar refractivity (Wildman–Crippen MR) is 108 cm³/mol. The van der Waals surface area contributed by atoms with E-state index in [2.05, 4.69) is 49.9 Å². The number of aromatic nitrogens is 1. The van der Waals surface area contributed by atoms with Crippen molar-refractivity contribution in [2.45, 2.75) is 32.4 Å². The van der Waals surface area contributed by atoms with Gasteiger partial charge in [0.05, 0.1) is 30.0 Å². The Labute approximate surface area is 159 Å². The first-order valence-electron chi connectivity index (χ1n) is 9.02. The van der Waals surface area contributed by atoms with Crippen LogP contribution in [0.25, 0.3) is 0 Å². The van der Waals surface area contributed by atoms with Crippen LogP contribution < -0.4 is 20.3 Å². The number of benzene rings is 1.